The van der Waals surface area contributed by atoms with Crippen molar-refractivity contribution < 1.29 is 0 Å². The lowest BCUT2D eigenvalue weighted by molar-refractivity contribution is 0.243. The molecule has 1 heterocycles. The van der Waals surface area contributed by atoms with Gasteiger partial charge in [0.1, 0.15) is 0 Å². The smallest absolute Gasteiger partial charge is 0.0918 e. The van der Waals surface area contributed by atoms with Gasteiger partial charge in [0, 0.05) is 30.8 Å². The van der Waals surface area contributed by atoms with Crippen molar-refractivity contribution in [1.29, 1.82) is 5.41 Å². The van der Waals surface area contributed by atoms with E-state index in [1.165, 1.54) is 15.6 Å². The third-order valence-electron chi connectivity index (χ3n) is 3.28. The molecule has 4 heteroatoms. The number of nitrogens with two attached hydrogens (primary N) is 1. The van der Waals surface area contributed by atoms with E-state index in [0.717, 1.165) is 19.6 Å². The lowest BCUT2D eigenvalue weighted by atomic mass is 10.1. The van der Waals surface area contributed by atoms with E-state index in [-0.39, 0.29) is 5.84 Å². The van der Waals surface area contributed by atoms with Crippen molar-refractivity contribution in [2.75, 3.05) is 13.1 Å². The van der Waals surface area contributed by atoms with Crippen molar-refractivity contribution >= 4 is 27.3 Å². The van der Waals surface area contributed by atoms with Crippen LogP contribution in [0.15, 0.2) is 29.6 Å². The standard InChI is InChI=1S/C16H23N3S/c1-12(2)9-19(8-7-16(17)18)10-13-11-20-15-6-4-3-5-14(13)15/h3-6,11-12H,7-10H2,1-2H3,(H3,17,18). The Balaban J connectivity index is 2.11. The van der Waals surface area contributed by atoms with Gasteiger partial charge >= 0.3 is 0 Å². The minimum Gasteiger partial charge on any atom is -0.388 e. The lowest BCUT2D eigenvalue weighted by Crippen LogP contribution is -2.30. The molecule has 20 heavy (non-hydrogen) atoms. The maximum Gasteiger partial charge on any atom is 0.0918 e. The SMILES string of the molecule is CC(C)CN(CCC(=N)N)Cc1csc2ccccc12. The monoisotopic (exact) mass is 289 g/mol. The molecular weight excluding hydrogens is 266 g/mol. The van der Waals surface area contributed by atoms with Crippen LogP contribution >= 0.6 is 11.3 Å². The topological polar surface area (TPSA) is 53.1 Å². The zero-order valence-corrected chi connectivity index (χ0v) is 13.0. The van der Waals surface area contributed by atoms with E-state index in [2.05, 4.69) is 48.4 Å². The average molecular weight is 289 g/mol. The van der Waals surface area contributed by atoms with Crippen LogP contribution in [0.5, 0.6) is 0 Å². The molecule has 2 aromatic rings. The first-order valence-electron chi connectivity index (χ1n) is 7.06. The van der Waals surface area contributed by atoms with Crippen molar-refractivity contribution in [2.45, 2.75) is 26.8 Å². The van der Waals surface area contributed by atoms with Gasteiger partial charge in [0.25, 0.3) is 0 Å². The Kier molecular flexibility index (Phi) is 5.15. The van der Waals surface area contributed by atoms with Crippen LogP contribution in [0, 0.1) is 11.3 Å². The maximum atomic E-state index is 7.40. The first kappa shape index (κ1) is 15.0. The molecule has 0 bridgehead atoms. The summed E-state index contributed by atoms with van der Waals surface area (Å²) in [6.45, 7) is 7.30. The minimum absolute atomic E-state index is 0.272. The number of hydrogen-bond acceptors (Lipinski definition) is 3. The predicted molar refractivity (Wildman–Crippen MR) is 88.5 cm³/mol. The number of rotatable bonds is 7. The Labute approximate surface area is 124 Å². The Hall–Kier alpha value is -1.39. The molecular formula is C16H23N3S. The van der Waals surface area contributed by atoms with E-state index in [9.17, 15) is 0 Å². The van der Waals surface area contributed by atoms with Crippen molar-refractivity contribution in [3.05, 3.63) is 35.2 Å². The molecule has 0 radical (unpaired) electrons. The van der Waals surface area contributed by atoms with Crippen LogP contribution in [0.2, 0.25) is 0 Å². The maximum absolute atomic E-state index is 7.40. The first-order chi connectivity index (χ1) is 9.56. The van der Waals surface area contributed by atoms with Crippen LogP contribution in [-0.2, 0) is 6.54 Å². The van der Waals surface area contributed by atoms with E-state index in [4.69, 9.17) is 11.1 Å². The highest BCUT2D eigenvalue weighted by Crippen LogP contribution is 2.26. The van der Waals surface area contributed by atoms with Crippen LogP contribution in [0.25, 0.3) is 10.1 Å². The number of nitrogens with zero attached hydrogens (tertiary/aromatic N) is 1. The van der Waals surface area contributed by atoms with Crippen LogP contribution in [0.4, 0.5) is 0 Å². The van der Waals surface area contributed by atoms with Gasteiger partial charge in [0.2, 0.25) is 0 Å². The van der Waals surface area contributed by atoms with Crippen molar-refractivity contribution in [3.8, 4) is 0 Å². The van der Waals surface area contributed by atoms with Crippen molar-refractivity contribution in [1.82, 2.24) is 4.90 Å². The summed E-state index contributed by atoms with van der Waals surface area (Å²) in [6.07, 6.45) is 0.648. The van der Waals surface area contributed by atoms with Gasteiger partial charge in [0.05, 0.1) is 5.84 Å². The van der Waals surface area contributed by atoms with E-state index >= 15 is 0 Å². The van der Waals surface area contributed by atoms with Crippen LogP contribution in [0.1, 0.15) is 25.8 Å². The number of hydrogen-bond donors (Lipinski definition) is 2. The van der Waals surface area contributed by atoms with Gasteiger partial charge in [-0.1, -0.05) is 32.0 Å². The van der Waals surface area contributed by atoms with Crippen molar-refractivity contribution in [3.63, 3.8) is 0 Å². The number of fused-ring (bicyclic) bond motifs is 1. The van der Waals surface area contributed by atoms with Gasteiger partial charge < -0.3 is 5.73 Å². The van der Waals surface area contributed by atoms with Gasteiger partial charge in [-0.2, -0.15) is 0 Å². The average Bonchev–Trinajstić information content (AvgIpc) is 2.79. The number of benzene rings is 1. The summed E-state index contributed by atoms with van der Waals surface area (Å²) < 4.78 is 1.35. The number of amidine groups is 1. The Morgan fingerprint density at radius 2 is 2.10 bits per heavy atom. The van der Waals surface area contributed by atoms with Gasteiger partial charge in [-0.3, -0.25) is 10.3 Å². The second-order valence-corrected chi connectivity index (χ2v) is 6.57. The quantitative estimate of drug-likeness (QED) is 0.603. The van der Waals surface area contributed by atoms with Crippen LogP contribution < -0.4 is 5.73 Å². The molecule has 0 fully saturated rings. The van der Waals surface area contributed by atoms with Crippen molar-refractivity contribution in [2.24, 2.45) is 11.7 Å². The first-order valence-corrected chi connectivity index (χ1v) is 7.94. The fraction of sp³-hybridized carbons (Fsp3) is 0.438. The molecule has 108 valence electrons. The molecule has 0 saturated carbocycles. The molecule has 0 aliphatic rings. The minimum atomic E-state index is 0.272. The molecule has 0 saturated heterocycles. The molecule has 1 aromatic heterocycles. The highest BCUT2D eigenvalue weighted by molar-refractivity contribution is 7.17. The summed E-state index contributed by atoms with van der Waals surface area (Å²) in [7, 11) is 0. The molecule has 0 unspecified atom stereocenters. The van der Waals surface area contributed by atoms with Gasteiger partial charge in [0.15, 0.2) is 0 Å². The summed E-state index contributed by atoms with van der Waals surface area (Å²) in [5.74, 6) is 0.890. The zero-order chi connectivity index (χ0) is 14.5. The highest BCUT2D eigenvalue weighted by Gasteiger charge is 2.11. The third kappa shape index (κ3) is 4.05. The predicted octanol–water partition coefficient (Wildman–Crippen LogP) is 3.69. The van der Waals surface area contributed by atoms with E-state index < -0.39 is 0 Å². The molecule has 3 N–H and O–H groups in total. The molecule has 0 amide bonds. The molecule has 0 atom stereocenters. The van der Waals surface area contributed by atoms with E-state index in [0.29, 0.717) is 12.3 Å². The molecule has 1 aromatic carbocycles. The molecule has 0 aliphatic carbocycles. The van der Waals surface area contributed by atoms with E-state index in [1.807, 2.05) is 0 Å². The summed E-state index contributed by atoms with van der Waals surface area (Å²) in [5, 5.41) is 11.0. The summed E-state index contributed by atoms with van der Waals surface area (Å²) in [4.78, 5) is 2.40. The fourth-order valence-electron chi connectivity index (χ4n) is 2.43. The second-order valence-electron chi connectivity index (χ2n) is 5.66. The number of thiophene rings is 1. The Morgan fingerprint density at radius 1 is 1.35 bits per heavy atom. The van der Waals surface area contributed by atoms with Crippen LogP contribution in [-0.4, -0.2) is 23.8 Å². The molecule has 2 rings (SSSR count). The van der Waals surface area contributed by atoms with E-state index in [1.54, 1.807) is 11.3 Å². The van der Waals surface area contributed by atoms with Crippen LogP contribution in [0.3, 0.4) is 0 Å². The fourth-order valence-corrected chi connectivity index (χ4v) is 3.38. The Bertz CT molecular complexity index is 574. The summed E-state index contributed by atoms with van der Waals surface area (Å²) >= 11 is 1.81. The molecule has 0 spiro atoms. The molecule has 3 nitrogen and oxygen atoms in total. The highest BCUT2D eigenvalue weighted by atomic mass is 32.1. The third-order valence-corrected chi connectivity index (χ3v) is 4.29. The van der Waals surface area contributed by atoms with Gasteiger partial charge in [-0.25, -0.2) is 0 Å². The second kappa shape index (κ2) is 6.86. The Morgan fingerprint density at radius 3 is 2.80 bits per heavy atom. The largest absolute Gasteiger partial charge is 0.388 e. The normalized spacial score (nSPS) is 11.6. The summed E-state index contributed by atoms with van der Waals surface area (Å²) in [5.41, 5.74) is 6.88. The lowest BCUT2D eigenvalue weighted by Gasteiger charge is -2.23. The molecule has 0 aliphatic heterocycles. The zero-order valence-electron chi connectivity index (χ0n) is 12.2. The van der Waals surface area contributed by atoms with Gasteiger partial charge in [-0.15, -0.1) is 11.3 Å². The van der Waals surface area contributed by atoms with Gasteiger partial charge in [-0.05, 0) is 28.3 Å². The summed E-state index contributed by atoms with van der Waals surface area (Å²) in [6, 6.07) is 8.55. The number of nitrogens with one attached hydrogen (secondary N) is 1.